The summed E-state index contributed by atoms with van der Waals surface area (Å²) in [5.74, 6) is 0.322. The molecule has 0 N–H and O–H groups in total. The first kappa shape index (κ1) is 18.3. The topological polar surface area (TPSA) is 54.4 Å². The lowest BCUT2D eigenvalue weighted by Crippen LogP contribution is -2.36. The molecular weight excluding hydrogens is 310 g/mol. The molecule has 132 valence electrons. The van der Waals surface area contributed by atoms with Crippen LogP contribution in [-0.2, 0) is 9.47 Å². The molecule has 1 atom stereocenters. The number of rotatable bonds is 5. The van der Waals surface area contributed by atoms with E-state index in [1.165, 1.54) is 6.04 Å². The molecule has 1 fully saturated rings. The number of ether oxygens (including phenoxy) is 2. The SMILES string of the molecule is CC(C)(C)OC(=O)N1CC2=NN(COCC[Si](C)(C)C)CC2C1. The van der Waals surface area contributed by atoms with Gasteiger partial charge in [0.25, 0.3) is 0 Å². The molecule has 2 aliphatic rings. The second-order valence-electron chi connectivity index (χ2n) is 8.69. The Bertz CT molecular complexity index is 468. The highest BCUT2D eigenvalue weighted by atomic mass is 28.3. The molecule has 0 radical (unpaired) electrons. The molecule has 0 aromatic carbocycles. The van der Waals surface area contributed by atoms with E-state index in [2.05, 4.69) is 24.7 Å². The van der Waals surface area contributed by atoms with Crippen molar-refractivity contribution in [3.8, 4) is 0 Å². The fourth-order valence-corrected chi connectivity index (χ4v) is 3.37. The van der Waals surface area contributed by atoms with Gasteiger partial charge in [0.1, 0.15) is 12.3 Å². The minimum atomic E-state index is -1.04. The van der Waals surface area contributed by atoms with E-state index >= 15 is 0 Å². The van der Waals surface area contributed by atoms with Crippen molar-refractivity contribution in [3.63, 3.8) is 0 Å². The summed E-state index contributed by atoms with van der Waals surface area (Å²) >= 11 is 0. The number of likely N-dealkylation sites (tertiary alicyclic amines) is 1. The first-order valence-electron chi connectivity index (χ1n) is 8.41. The lowest BCUT2D eigenvalue weighted by Gasteiger charge is -2.25. The van der Waals surface area contributed by atoms with Crippen molar-refractivity contribution in [2.75, 3.05) is 33.0 Å². The first-order valence-corrected chi connectivity index (χ1v) is 12.1. The van der Waals surface area contributed by atoms with Crippen LogP contribution in [0.3, 0.4) is 0 Å². The van der Waals surface area contributed by atoms with Crippen LogP contribution in [0.2, 0.25) is 25.7 Å². The number of carbonyl (C=O) groups is 1. The molecule has 0 bridgehead atoms. The van der Waals surface area contributed by atoms with E-state index in [-0.39, 0.29) is 6.09 Å². The summed E-state index contributed by atoms with van der Waals surface area (Å²) in [5.41, 5.74) is 0.622. The van der Waals surface area contributed by atoms with E-state index in [1.807, 2.05) is 25.8 Å². The molecule has 7 heteroatoms. The zero-order chi connectivity index (χ0) is 17.3. The minimum Gasteiger partial charge on any atom is -0.444 e. The third-order valence-corrected chi connectivity index (χ3v) is 5.56. The molecule has 0 spiro atoms. The van der Waals surface area contributed by atoms with E-state index in [0.717, 1.165) is 18.9 Å². The number of hydrazone groups is 1. The Labute approximate surface area is 140 Å². The van der Waals surface area contributed by atoms with Crippen LogP contribution in [0.15, 0.2) is 5.10 Å². The van der Waals surface area contributed by atoms with Gasteiger partial charge in [-0.1, -0.05) is 19.6 Å². The summed E-state index contributed by atoms with van der Waals surface area (Å²) in [6.45, 7) is 16.2. The van der Waals surface area contributed by atoms with E-state index < -0.39 is 13.7 Å². The second-order valence-corrected chi connectivity index (χ2v) is 14.3. The fraction of sp³-hybridized carbons (Fsp3) is 0.875. The predicted molar refractivity (Wildman–Crippen MR) is 94.4 cm³/mol. The molecule has 2 rings (SSSR count). The Balaban J connectivity index is 1.74. The summed E-state index contributed by atoms with van der Waals surface area (Å²) in [7, 11) is -1.04. The highest BCUT2D eigenvalue weighted by Gasteiger charge is 2.38. The maximum Gasteiger partial charge on any atom is 0.410 e. The van der Waals surface area contributed by atoms with Crippen molar-refractivity contribution in [1.29, 1.82) is 0 Å². The zero-order valence-electron chi connectivity index (χ0n) is 15.4. The number of fused-ring (bicyclic) bond motifs is 1. The molecule has 1 unspecified atom stereocenters. The molecule has 2 aliphatic heterocycles. The van der Waals surface area contributed by atoms with Crippen molar-refractivity contribution < 1.29 is 14.3 Å². The summed E-state index contributed by atoms with van der Waals surface area (Å²) in [6, 6.07) is 1.17. The van der Waals surface area contributed by atoms with Gasteiger partial charge in [0.05, 0.1) is 12.3 Å². The van der Waals surface area contributed by atoms with Gasteiger partial charge in [-0.15, -0.1) is 0 Å². The van der Waals surface area contributed by atoms with E-state index in [9.17, 15) is 4.79 Å². The van der Waals surface area contributed by atoms with E-state index in [4.69, 9.17) is 9.47 Å². The molecule has 0 saturated carbocycles. The second kappa shape index (κ2) is 6.81. The van der Waals surface area contributed by atoms with Gasteiger partial charge in [0.15, 0.2) is 0 Å². The Kier molecular flexibility index (Phi) is 5.40. The monoisotopic (exact) mass is 341 g/mol. The molecule has 1 amide bonds. The quantitative estimate of drug-likeness (QED) is 0.570. The fourth-order valence-electron chi connectivity index (χ4n) is 2.61. The van der Waals surface area contributed by atoms with Crippen molar-refractivity contribution >= 4 is 19.9 Å². The van der Waals surface area contributed by atoms with Crippen molar-refractivity contribution in [1.82, 2.24) is 9.91 Å². The summed E-state index contributed by atoms with van der Waals surface area (Å²) < 4.78 is 11.2. The van der Waals surface area contributed by atoms with Gasteiger partial charge in [0.2, 0.25) is 0 Å². The maximum atomic E-state index is 12.1. The van der Waals surface area contributed by atoms with Gasteiger partial charge in [-0.2, -0.15) is 5.10 Å². The largest absolute Gasteiger partial charge is 0.444 e. The van der Waals surface area contributed by atoms with Gasteiger partial charge < -0.3 is 14.4 Å². The van der Waals surface area contributed by atoms with Crippen molar-refractivity contribution in [2.24, 2.45) is 11.0 Å². The highest BCUT2D eigenvalue weighted by molar-refractivity contribution is 6.76. The van der Waals surface area contributed by atoms with E-state index in [1.54, 1.807) is 4.90 Å². The third kappa shape index (κ3) is 5.80. The number of amides is 1. The van der Waals surface area contributed by atoms with Crippen LogP contribution >= 0.6 is 0 Å². The average Bonchev–Trinajstić information content (AvgIpc) is 2.89. The van der Waals surface area contributed by atoms with Gasteiger partial charge >= 0.3 is 6.09 Å². The zero-order valence-corrected chi connectivity index (χ0v) is 16.4. The average molecular weight is 342 g/mol. The lowest BCUT2D eigenvalue weighted by molar-refractivity contribution is 0.0241. The molecule has 1 saturated heterocycles. The predicted octanol–water partition coefficient (Wildman–Crippen LogP) is 2.84. The number of nitrogens with zero attached hydrogens (tertiary/aromatic N) is 3. The first-order chi connectivity index (χ1) is 10.5. The lowest BCUT2D eigenvalue weighted by atomic mass is 10.1. The van der Waals surface area contributed by atoms with Crippen LogP contribution in [-0.4, -0.2) is 68.4 Å². The van der Waals surface area contributed by atoms with Crippen molar-refractivity contribution in [3.05, 3.63) is 0 Å². The Morgan fingerprint density at radius 1 is 1.30 bits per heavy atom. The number of hydrogen-bond acceptors (Lipinski definition) is 5. The van der Waals surface area contributed by atoms with Crippen LogP contribution in [0, 0.1) is 5.92 Å². The molecule has 0 aromatic heterocycles. The Hall–Kier alpha value is -1.08. The highest BCUT2D eigenvalue weighted by Crippen LogP contribution is 2.24. The molecule has 0 aliphatic carbocycles. The van der Waals surface area contributed by atoms with Gasteiger partial charge in [-0.05, 0) is 26.8 Å². The smallest absolute Gasteiger partial charge is 0.410 e. The van der Waals surface area contributed by atoms with Crippen LogP contribution in [0.25, 0.3) is 0 Å². The summed E-state index contributed by atoms with van der Waals surface area (Å²) in [4.78, 5) is 13.8. The normalized spacial score (nSPS) is 21.5. The molecule has 6 nitrogen and oxygen atoms in total. The number of carbonyl (C=O) groups excluding carboxylic acids is 1. The van der Waals surface area contributed by atoms with Gasteiger partial charge in [0, 0.05) is 33.7 Å². The molecule has 0 aromatic rings. The number of hydrogen-bond donors (Lipinski definition) is 0. The molecule has 23 heavy (non-hydrogen) atoms. The standard InChI is InChI=1S/C16H31N3O3Si/c1-16(2,3)22-15(20)18-9-13-10-19(17-14(13)11-18)12-21-7-8-23(4,5)6/h13H,7-12H2,1-6H3. The maximum absolute atomic E-state index is 12.1. The Morgan fingerprint density at radius 2 is 2.00 bits per heavy atom. The van der Waals surface area contributed by atoms with Gasteiger partial charge in [-0.3, -0.25) is 5.01 Å². The van der Waals surface area contributed by atoms with Gasteiger partial charge in [-0.25, -0.2) is 4.79 Å². The van der Waals surface area contributed by atoms with Crippen LogP contribution < -0.4 is 0 Å². The van der Waals surface area contributed by atoms with Crippen LogP contribution in [0.5, 0.6) is 0 Å². The summed E-state index contributed by atoms with van der Waals surface area (Å²) in [5, 5.41) is 6.58. The Morgan fingerprint density at radius 3 is 2.57 bits per heavy atom. The minimum absolute atomic E-state index is 0.243. The summed E-state index contributed by atoms with van der Waals surface area (Å²) in [6.07, 6.45) is -0.243. The molecule has 2 heterocycles. The third-order valence-electron chi connectivity index (χ3n) is 3.85. The van der Waals surface area contributed by atoms with Crippen LogP contribution in [0.1, 0.15) is 20.8 Å². The molecular formula is C16H31N3O3Si. The van der Waals surface area contributed by atoms with Crippen molar-refractivity contribution in [2.45, 2.75) is 52.1 Å². The van der Waals surface area contributed by atoms with Crippen LogP contribution in [0.4, 0.5) is 4.79 Å². The van der Waals surface area contributed by atoms with E-state index in [0.29, 0.717) is 25.7 Å².